The van der Waals surface area contributed by atoms with Crippen LogP contribution in [0, 0.1) is 17.8 Å². The van der Waals surface area contributed by atoms with E-state index < -0.39 is 85.4 Å². The lowest BCUT2D eigenvalue weighted by Crippen LogP contribution is -2.60. The monoisotopic (exact) mass is 616 g/mol. The van der Waals surface area contributed by atoms with Gasteiger partial charge in [-0.3, -0.25) is 0 Å². The maximum Gasteiger partial charge on any atom is 0.343 e. The number of phenolic OH excluding ortho intramolecular Hbond substituents is 1. The first-order valence-corrected chi connectivity index (χ1v) is 13.9. The first-order valence-electron chi connectivity index (χ1n) is 13.9. The summed E-state index contributed by atoms with van der Waals surface area (Å²) in [6.45, 7) is 1.05. The smallest absolute Gasteiger partial charge is 0.343 e. The Morgan fingerprint density at radius 1 is 0.932 bits per heavy atom. The topological polar surface area (TPSA) is 219 Å². The van der Waals surface area contributed by atoms with Gasteiger partial charge in [0.15, 0.2) is 6.29 Å². The van der Waals surface area contributed by atoms with Crippen molar-refractivity contribution in [2.75, 3.05) is 6.61 Å². The van der Waals surface area contributed by atoms with Crippen molar-refractivity contribution in [3.8, 4) is 11.5 Å². The van der Waals surface area contributed by atoms with Crippen LogP contribution in [0.4, 0.5) is 0 Å². The van der Waals surface area contributed by atoms with Gasteiger partial charge in [0.05, 0.1) is 29.6 Å². The zero-order valence-corrected chi connectivity index (χ0v) is 23.3. The number of carbonyl (C=O) groups excluding carboxylic acids is 2. The number of aliphatic carboxylic acids is 1. The summed E-state index contributed by atoms with van der Waals surface area (Å²) in [5.74, 6) is -4.75. The number of ether oxygens (including phenoxy) is 5. The number of aliphatic hydroxyl groups is 4. The Hall–Kier alpha value is -4.05. The molecule has 236 valence electrons. The van der Waals surface area contributed by atoms with Gasteiger partial charge in [0.2, 0.25) is 6.29 Å². The van der Waals surface area contributed by atoms with E-state index in [4.69, 9.17) is 23.7 Å². The van der Waals surface area contributed by atoms with Crippen LogP contribution in [0.25, 0.3) is 0 Å². The third-order valence-corrected chi connectivity index (χ3v) is 8.17. The quantitative estimate of drug-likeness (QED) is 0.176. The third-order valence-electron chi connectivity index (χ3n) is 8.17. The van der Waals surface area contributed by atoms with E-state index in [0.717, 1.165) is 6.26 Å². The predicted molar refractivity (Wildman–Crippen MR) is 145 cm³/mol. The first-order chi connectivity index (χ1) is 21.0. The summed E-state index contributed by atoms with van der Waals surface area (Å²) in [5.41, 5.74) is 0.0907. The van der Waals surface area contributed by atoms with Crippen molar-refractivity contribution in [1.82, 2.24) is 0 Å². The molecule has 44 heavy (non-hydrogen) atoms. The van der Waals surface area contributed by atoms with E-state index >= 15 is 0 Å². The number of hydrogen-bond donors (Lipinski definition) is 6. The van der Waals surface area contributed by atoms with Gasteiger partial charge in [0.1, 0.15) is 42.0 Å². The Balaban J connectivity index is 1.30. The second-order valence-electron chi connectivity index (χ2n) is 10.9. The van der Waals surface area contributed by atoms with Gasteiger partial charge in [-0.05, 0) is 42.8 Å². The summed E-state index contributed by atoms with van der Waals surface area (Å²) in [6, 6.07) is 11.3. The van der Waals surface area contributed by atoms with E-state index in [1.807, 2.05) is 0 Å². The highest BCUT2D eigenvalue weighted by atomic mass is 16.8. The maximum absolute atomic E-state index is 13.2. The Kier molecular flexibility index (Phi) is 9.20. The van der Waals surface area contributed by atoms with Gasteiger partial charge in [0.25, 0.3) is 0 Å². The highest BCUT2D eigenvalue weighted by molar-refractivity contribution is 5.93. The summed E-state index contributed by atoms with van der Waals surface area (Å²) in [7, 11) is 0. The van der Waals surface area contributed by atoms with Gasteiger partial charge in [-0.25, -0.2) is 14.4 Å². The van der Waals surface area contributed by atoms with Crippen LogP contribution >= 0.6 is 0 Å². The summed E-state index contributed by atoms with van der Waals surface area (Å²) in [5, 5.41) is 59.5. The van der Waals surface area contributed by atoms with E-state index in [1.165, 1.54) is 48.5 Å². The maximum atomic E-state index is 13.2. The largest absolute Gasteiger partial charge is 0.508 e. The van der Waals surface area contributed by atoms with Crippen molar-refractivity contribution >= 4 is 17.9 Å². The van der Waals surface area contributed by atoms with Crippen molar-refractivity contribution in [2.24, 2.45) is 17.8 Å². The highest BCUT2D eigenvalue weighted by Crippen LogP contribution is 2.48. The van der Waals surface area contributed by atoms with Crippen molar-refractivity contribution in [3.63, 3.8) is 0 Å². The Morgan fingerprint density at radius 2 is 1.64 bits per heavy atom. The number of carbonyl (C=O) groups is 3. The molecule has 0 spiro atoms. The predicted octanol–water partition coefficient (Wildman–Crippen LogP) is 0.550. The minimum Gasteiger partial charge on any atom is -0.508 e. The van der Waals surface area contributed by atoms with Crippen molar-refractivity contribution in [3.05, 3.63) is 71.5 Å². The minimum absolute atomic E-state index is 0.0541. The average molecular weight is 617 g/mol. The van der Waals surface area contributed by atoms with Crippen molar-refractivity contribution < 1.29 is 68.7 Å². The van der Waals surface area contributed by atoms with Crippen LogP contribution in [0.3, 0.4) is 0 Å². The van der Waals surface area contributed by atoms with Gasteiger partial charge >= 0.3 is 17.9 Å². The van der Waals surface area contributed by atoms with Crippen LogP contribution < -0.4 is 4.74 Å². The number of benzene rings is 2. The molecule has 1 aliphatic carbocycles. The van der Waals surface area contributed by atoms with Crippen LogP contribution in [0.1, 0.15) is 34.1 Å². The summed E-state index contributed by atoms with van der Waals surface area (Å²) < 4.78 is 28.0. The molecule has 0 aromatic heterocycles. The molecule has 0 bridgehead atoms. The lowest BCUT2D eigenvalue weighted by atomic mass is 9.83. The number of aromatic hydroxyl groups is 1. The normalized spacial score (nSPS) is 33.0. The van der Waals surface area contributed by atoms with Crippen molar-refractivity contribution in [1.29, 1.82) is 0 Å². The first kappa shape index (κ1) is 31.4. The summed E-state index contributed by atoms with van der Waals surface area (Å²) in [4.78, 5) is 37.7. The standard InChI is InChI=1S/C30H32O14/c1-13-20(42-28(39)15-5-3-7-17(9-15)41-27(38)14-4-2-6-16(32)8-14)10-18-19(26(36)37)12-40-29(22(13)18)44-30-25(35)24(34)23(33)21(11-31)43-30/h2-9,12-13,18,20-25,29-35H,10-11H2,1H3,(H,36,37)/t13-,18+,20+,21+,22+,23+,24-,25+,29+,30-/m0/s1. The van der Waals surface area contributed by atoms with Gasteiger partial charge < -0.3 is 54.3 Å². The molecule has 1 saturated carbocycles. The molecule has 14 heteroatoms. The van der Waals surface area contributed by atoms with E-state index in [1.54, 1.807) is 6.92 Å². The molecule has 0 unspecified atom stereocenters. The molecule has 0 amide bonds. The van der Waals surface area contributed by atoms with Crippen molar-refractivity contribution in [2.45, 2.75) is 56.4 Å². The molecule has 2 fully saturated rings. The highest BCUT2D eigenvalue weighted by Gasteiger charge is 2.54. The zero-order chi connectivity index (χ0) is 31.7. The second kappa shape index (κ2) is 12.9. The summed E-state index contributed by atoms with van der Waals surface area (Å²) in [6.07, 6.45) is -8.67. The molecule has 6 N–H and O–H groups in total. The van der Waals surface area contributed by atoms with E-state index in [9.17, 15) is 45.0 Å². The number of phenols is 1. The lowest BCUT2D eigenvalue weighted by molar-refractivity contribution is -0.342. The van der Waals surface area contributed by atoms with Crippen LogP contribution in [0.5, 0.6) is 11.5 Å². The van der Waals surface area contributed by atoms with Crippen LogP contribution in [-0.4, -0.2) is 98.3 Å². The SMILES string of the molecule is C[C@@H]1[C@H]2[C@@H](O[C@@H]3O[C@H](CO)[C@@H](O)[C@H](O)[C@H]3O)OC=C(C(=O)O)[C@H]2C[C@H]1OC(=O)c1cccc(OC(=O)c2cccc(O)c2)c1. The van der Waals surface area contributed by atoms with E-state index in [0.29, 0.717) is 0 Å². The minimum atomic E-state index is -1.71. The molecule has 2 heterocycles. The lowest BCUT2D eigenvalue weighted by Gasteiger charge is -2.43. The molecule has 2 aromatic carbocycles. The molecule has 5 rings (SSSR count). The van der Waals surface area contributed by atoms with Gasteiger partial charge in [-0.2, -0.15) is 0 Å². The number of carboxylic acids is 1. The molecule has 10 atom stereocenters. The molecular weight excluding hydrogens is 584 g/mol. The third kappa shape index (κ3) is 6.26. The number of hydrogen-bond acceptors (Lipinski definition) is 13. The molecule has 14 nitrogen and oxygen atoms in total. The van der Waals surface area contributed by atoms with Crippen LogP contribution in [0.15, 0.2) is 60.4 Å². The molecule has 2 aliphatic heterocycles. The van der Waals surface area contributed by atoms with Crippen LogP contribution in [0.2, 0.25) is 0 Å². The van der Waals surface area contributed by atoms with Gasteiger partial charge in [0, 0.05) is 17.8 Å². The molecule has 1 saturated heterocycles. The van der Waals surface area contributed by atoms with Crippen LogP contribution in [-0.2, 0) is 23.7 Å². The molecule has 0 radical (unpaired) electrons. The fourth-order valence-electron chi connectivity index (χ4n) is 5.82. The number of carboxylic acid groups (broad SMARTS) is 1. The van der Waals surface area contributed by atoms with E-state index in [-0.39, 0.29) is 34.6 Å². The fourth-order valence-corrected chi connectivity index (χ4v) is 5.82. The van der Waals surface area contributed by atoms with Gasteiger partial charge in [-0.15, -0.1) is 0 Å². The Bertz CT molecular complexity index is 1420. The van der Waals surface area contributed by atoms with Gasteiger partial charge in [-0.1, -0.05) is 19.1 Å². The average Bonchev–Trinajstić information content (AvgIpc) is 3.33. The Morgan fingerprint density at radius 3 is 2.32 bits per heavy atom. The number of rotatable bonds is 8. The number of fused-ring (bicyclic) bond motifs is 1. The number of esters is 2. The molecule has 3 aliphatic rings. The molecule has 2 aromatic rings. The zero-order valence-electron chi connectivity index (χ0n) is 23.3. The Labute approximate surface area is 250 Å². The number of aliphatic hydroxyl groups excluding tert-OH is 4. The second-order valence-corrected chi connectivity index (χ2v) is 10.9. The molecular formula is C30H32O14. The van der Waals surface area contributed by atoms with E-state index in [2.05, 4.69) is 0 Å². The fraction of sp³-hybridized carbons (Fsp3) is 0.433. The summed E-state index contributed by atoms with van der Waals surface area (Å²) >= 11 is 0.